The van der Waals surface area contributed by atoms with Crippen LogP contribution in [0.2, 0.25) is 0 Å². The van der Waals surface area contributed by atoms with Crippen LogP contribution in [0.15, 0.2) is 36.4 Å². The van der Waals surface area contributed by atoms with Crippen molar-refractivity contribution in [1.29, 1.82) is 0 Å². The molecule has 0 spiro atoms. The monoisotopic (exact) mass is 415 g/mol. The lowest BCUT2D eigenvalue weighted by Gasteiger charge is -2.37. The summed E-state index contributed by atoms with van der Waals surface area (Å²) in [6.07, 6.45) is -7.09. The lowest BCUT2D eigenvalue weighted by atomic mass is 9.94. The summed E-state index contributed by atoms with van der Waals surface area (Å²) in [5.74, 6) is -1.02. The first-order valence-electron chi connectivity index (χ1n) is 8.88. The van der Waals surface area contributed by atoms with Crippen molar-refractivity contribution >= 4 is 11.5 Å². The van der Waals surface area contributed by atoms with Crippen molar-refractivity contribution < 1.29 is 26.3 Å². The smallest absolute Gasteiger partial charge is 0.348 e. The normalized spacial score (nSPS) is 18.4. The van der Waals surface area contributed by atoms with Crippen molar-refractivity contribution in [3.8, 4) is 0 Å². The molecule has 0 radical (unpaired) electrons. The first-order chi connectivity index (χ1) is 13.6. The van der Waals surface area contributed by atoms with Crippen LogP contribution < -0.4 is 4.90 Å². The molecular formula is C18H15F6N5. The summed E-state index contributed by atoms with van der Waals surface area (Å²) in [5.41, 5.74) is -0.378. The van der Waals surface area contributed by atoms with Crippen molar-refractivity contribution in [3.63, 3.8) is 0 Å². The molecule has 0 aliphatic carbocycles. The van der Waals surface area contributed by atoms with Gasteiger partial charge >= 0.3 is 12.4 Å². The number of piperidine rings is 1. The number of aromatic nitrogens is 4. The van der Waals surface area contributed by atoms with Crippen molar-refractivity contribution in [2.45, 2.75) is 37.7 Å². The molecule has 154 valence electrons. The van der Waals surface area contributed by atoms with Crippen LogP contribution in [0.5, 0.6) is 0 Å². The van der Waals surface area contributed by atoms with Gasteiger partial charge in [0, 0.05) is 6.54 Å². The maximum absolute atomic E-state index is 13.1. The highest BCUT2D eigenvalue weighted by molar-refractivity contribution is 5.48. The third-order valence-corrected chi connectivity index (χ3v) is 4.90. The molecular weight excluding hydrogens is 400 g/mol. The molecule has 11 heteroatoms. The molecule has 1 aliphatic heterocycles. The molecule has 1 aliphatic rings. The van der Waals surface area contributed by atoms with Gasteiger partial charge in [-0.25, -0.2) is 0 Å². The number of alkyl halides is 6. The molecule has 0 bridgehead atoms. The summed E-state index contributed by atoms with van der Waals surface area (Å²) < 4.78 is 79.3. The van der Waals surface area contributed by atoms with E-state index in [2.05, 4.69) is 15.3 Å². The van der Waals surface area contributed by atoms with E-state index in [0.717, 1.165) is 25.0 Å². The second-order valence-electron chi connectivity index (χ2n) is 6.81. The average molecular weight is 415 g/mol. The number of rotatable bonds is 2. The zero-order valence-electron chi connectivity index (χ0n) is 14.9. The van der Waals surface area contributed by atoms with Crippen LogP contribution in [-0.4, -0.2) is 26.4 Å². The molecule has 29 heavy (non-hydrogen) atoms. The van der Waals surface area contributed by atoms with E-state index in [1.165, 1.54) is 18.2 Å². The Morgan fingerprint density at radius 1 is 0.897 bits per heavy atom. The Labute approximate surface area is 161 Å². The molecule has 2 aromatic heterocycles. The van der Waals surface area contributed by atoms with Gasteiger partial charge in [0.15, 0.2) is 5.65 Å². The van der Waals surface area contributed by atoms with Gasteiger partial charge in [-0.1, -0.05) is 12.1 Å². The minimum Gasteiger partial charge on any atom is -0.348 e. The summed E-state index contributed by atoms with van der Waals surface area (Å²) in [5, 5.41) is 10.7. The van der Waals surface area contributed by atoms with E-state index in [4.69, 9.17) is 0 Å². The first kappa shape index (κ1) is 19.5. The number of hydrogen-bond donors (Lipinski definition) is 0. The Kier molecular flexibility index (Phi) is 4.62. The Hall–Kier alpha value is -2.85. The minimum absolute atomic E-state index is 0.0614. The zero-order chi connectivity index (χ0) is 20.8. The van der Waals surface area contributed by atoms with Gasteiger partial charge in [-0.05, 0) is 49.1 Å². The highest BCUT2D eigenvalue weighted by Gasteiger charge is 2.38. The third-order valence-electron chi connectivity index (χ3n) is 4.90. The Morgan fingerprint density at radius 2 is 1.69 bits per heavy atom. The van der Waals surface area contributed by atoms with Crippen molar-refractivity contribution in [2.24, 2.45) is 0 Å². The van der Waals surface area contributed by atoms with Gasteiger partial charge in [0.1, 0.15) is 5.82 Å². The van der Waals surface area contributed by atoms with Crippen LogP contribution >= 0.6 is 0 Å². The van der Waals surface area contributed by atoms with E-state index in [9.17, 15) is 26.3 Å². The van der Waals surface area contributed by atoms with Gasteiger partial charge in [0.05, 0.1) is 11.6 Å². The fourth-order valence-electron chi connectivity index (χ4n) is 3.58. The van der Waals surface area contributed by atoms with Crippen molar-refractivity contribution in [3.05, 3.63) is 53.3 Å². The lowest BCUT2D eigenvalue weighted by molar-refractivity contribution is -0.146. The van der Waals surface area contributed by atoms with Crippen LogP contribution in [0.4, 0.5) is 32.2 Å². The highest BCUT2D eigenvalue weighted by Crippen LogP contribution is 2.37. The van der Waals surface area contributed by atoms with E-state index in [0.29, 0.717) is 23.0 Å². The molecule has 0 saturated carbocycles. The van der Waals surface area contributed by atoms with Gasteiger partial charge < -0.3 is 4.90 Å². The second-order valence-corrected chi connectivity index (χ2v) is 6.81. The number of halogens is 6. The van der Waals surface area contributed by atoms with Crippen LogP contribution in [0, 0.1) is 0 Å². The van der Waals surface area contributed by atoms with Crippen molar-refractivity contribution in [2.75, 3.05) is 11.4 Å². The van der Waals surface area contributed by atoms with E-state index in [1.54, 1.807) is 11.0 Å². The maximum atomic E-state index is 13.1. The predicted molar refractivity (Wildman–Crippen MR) is 91.2 cm³/mol. The topological polar surface area (TPSA) is 46.3 Å². The minimum atomic E-state index is -4.73. The predicted octanol–water partition coefficient (Wildman–Crippen LogP) is 4.89. The molecule has 0 amide bonds. The Bertz CT molecular complexity index is 1030. The number of nitrogens with zero attached hydrogens (tertiary/aromatic N) is 5. The second kappa shape index (κ2) is 6.89. The first-order valence-corrected chi connectivity index (χ1v) is 8.88. The van der Waals surface area contributed by atoms with Gasteiger partial charge in [0.25, 0.3) is 5.82 Å². The third kappa shape index (κ3) is 3.73. The molecule has 1 unspecified atom stereocenters. The van der Waals surface area contributed by atoms with Crippen LogP contribution in [-0.2, 0) is 12.4 Å². The van der Waals surface area contributed by atoms with E-state index in [-0.39, 0.29) is 11.5 Å². The Balaban J connectivity index is 1.75. The molecule has 1 atom stereocenters. The summed E-state index contributed by atoms with van der Waals surface area (Å²) in [6.45, 7) is 0.461. The van der Waals surface area contributed by atoms with Crippen LogP contribution in [0.25, 0.3) is 5.65 Å². The fourth-order valence-corrected chi connectivity index (χ4v) is 3.58. The van der Waals surface area contributed by atoms with Crippen LogP contribution in [0.3, 0.4) is 0 Å². The summed E-state index contributed by atoms with van der Waals surface area (Å²) in [7, 11) is 0. The fraction of sp³-hybridized carbons (Fsp3) is 0.389. The largest absolute Gasteiger partial charge is 0.453 e. The molecule has 1 saturated heterocycles. The molecule has 5 nitrogen and oxygen atoms in total. The summed E-state index contributed by atoms with van der Waals surface area (Å²) in [6, 6.07) is 7.45. The Morgan fingerprint density at radius 3 is 2.41 bits per heavy atom. The molecule has 4 rings (SSSR count). The number of benzene rings is 1. The summed E-state index contributed by atoms with van der Waals surface area (Å²) in [4.78, 5) is 1.73. The number of fused-ring (bicyclic) bond motifs is 1. The highest BCUT2D eigenvalue weighted by atomic mass is 19.4. The molecule has 3 heterocycles. The zero-order valence-corrected chi connectivity index (χ0v) is 14.9. The van der Waals surface area contributed by atoms with E-state index >= 15 is 0 Å². The number of hydrogen-bond acceptors (Lipinski definition) is 4. The standard InChI is InChI=1S/C18H15F6N5/c19-17(20,21)12-5-3-4-11(10-12)13-6-1-2-9-28(13)15-8-7-14-25-26-16(18(22,23)24)29(14)27-15/h3-5,7-8,10,13H,1-2,6,9H2. The van der Waals surface area contributed by atoms with E-state index < -0.39 is 29.8 Å². The molecule has 1 aromatic carbocycles. The molecule has 1 fully saturated rings. The quantitative estimate of drug-likeness (QED) is 0.559. The van der Waals surface area contributed by atoms with Crippen molar-refractivity contribution in [1.82, 2.24) is 19.8 Å². The van der Waals surface area contributed by atoms with Gasteiger partial charge in [0.2, 0.25) is 0 Å². The SMILES string of the molecule is FC(F)(F)c1cccc(C2CCCCN2c2ccc3nnc(C(F)(F)F)n3n2)c1. The molecule has 0 N–H and O–H groups in total. The average Bonchev–Trinajstić information content (AvgIpc) is 3.11. The van der Waals surface area contributed by atoms with Crippen LogP contribution in [0.1, 0.15) is 42.3 Å². The van der Waals surface area contributed by atoms with Gasteiger partial charge in [-0.2, -0.15) is 30.9 Å². The summed E-state index contributed by atoms with van der Waals surface area (Å²) >= 11 is 0. The van der Waals surface area contributed by atoms with Gasteiger partial charge in [-0.15, -0.1) is 15.3 Å². The molecule has 3 aromatic rings. The number of anilines is 1. The lowest BCUT2D eigenvalue weighted by Crippen LogP contribution is -2.34. The maximum Gasteiger partial charge on any atom is 0.453 e. The van der Waals surface area contributed by atoms with Gasteiger partial charge in [-0.3, -0.25) is 0 Å². The van der Waals surface area contributed by atoms with E-state index in [1.807, 2.05) is 0 Å².